The summed E-state index contributed by atoms with van der Waals surface area (Å²) in [6.07, 6.45) is 3.30. The van der Waals surface area contributed by atoms with Crippen LogP contribution >= 0.6 is 11.6 Å². The van der Waals surface area contributed by atoms with Gasteiger partial charge < -0.3 is 4.90 Å². The molecule has 3 atom stereocenters. The summed E-state index contributed by atoms with van der Waals surface area (Å²) in [7, 11) is -0.943. The fourth-order valence-electron chi connectivity index (χ4n) is 2.76. The van der Waals surface area contributed by atoms with Crippen LogP contribution in [-0.2, 0) is 15.6 Å². The topological polar surface area (TPSA) is 49.4 Å². The van der Waals surface area contributed by atoms with Crippen LogP contribution in [0.15, 0.2) is 24.3 Å². The van der Waals surface area contributed by atoms with Crippen molar-refractivity contribution in [2.75, 3.05) is 12.8 Å². The molecule has 1 aromatic carbocycles. The summed E-state index contributed by atoms with van der Waals surface area (Å²) in [6.45, 7) is 2.42. The predicted octanol–water partition coefficient (Wildman–Crippen LogP) is 2.07. The van der Waals surface area contributed by atoms with Crippen LogP contribution in [0.3, 0.4) is 0 Å². The monoisotopic (exact) mass is 326 g/mol. The van der Waals surface area contributed by atoms with Crippen LogP contribution in [0.4, 0.5) is 0 Å². The van der Waals surface area contributed by atoms with Crippen LogP contribution in [-0.4, -0.2) is 38.6 Å². The van der Waals surface area contributed by atoms with Crippen molar-refractivity contribution in [1.29, 1.82) is 0 Å². The van der Waals surface area contributed by atoms with E-state index >= 15 is 0 Å². The second kappa shape index (κ2) is 5.38. The Labute approximate surface area is 132 Å². The molecule has 21 heavy (non-hydrogen) atoms. The molecular formula is C15H19ClN2O2S. The number of carbonyl (C=O) groups excluding carboxylic acids is 1. The molecule has 1 N–H and O–H groups in total. The zero-order valence-electron chi connectivity index (χ0n) is 12.1. The van der Waals surface area contributed by atoms with Crippen molar-refractivity contribution >= 4 is 28.3 Å². The summed E-state index contributed by atoms with van der Waals surface area (Å²) in [5, 5.41) is 4.09. The van der Waals surface area contributed by atoms with Crippen molar-refractivity contribution in [2.24, 2.45) is 0 Å². The molecule has 1 saturated heterocycles. The molecule has 1 heterocycles. The molecule has 3 rings (SSSR count). The minimum absolute atomic E-state index is 0.0422. The molecular weight excluding hydrogens is 308 g/mol. The first-order valence-electron chi connectivity index (χ1n) is 7.09. The van der Waals surface area contributed by atoms with E-state index in [0.29, 0.717) is 11.6 Å². The highest BCUT2D eigenvalue weighted by molar-refractivity contribution is 7.84. The maximum absolute atomic E-state index is 12.6. The van der Waals surface area contributed by atoms with E-state index in [0.717, 1.165) is 18.4 Å². The SMILES string of the molecule is CC(CN1C(=O)C2(CC2)NC1c1ccc(Cl)cc1)S(C)=O. The third kappa shape index (κ3) is 2.74. The minimum Gasteiger partial charge on any atom is -0.320 e. The van der Waals surface area contributed by atoms with Crippen LogP contribution in [0.2, 0.25) is 5.02 Å². The first kappa shape index (κ1) is 15.0. The Morgan fingerprint density at radius 3 is 2.57 bits per heavy atom. The Kier molecular flexibility index (Phi) is 3.84. The number of amides is 1. The molecule has 0 aromatic heterocycles. The molecule has 2 fully saturated rings. The lowest BCUT2D eigenvalue weighted by Crippen LogP contribution is -2.38. The lowest BCUT2D eigenvalue weighted by Gasteiger charge is -2.26. The van der Waals surface area contributed by atoms with Crippen molar-refractivity contribution in [3.05, 3.63) is 34.9 Å². The smallest absolute Gasteiger partial charge is 0.244 e. The van der Waals surface area contributed by atoms with Gasteiger partial charge in [0.2, 0.25) is 5.91 Å². The van der Waals surface area contributed by atoms with Gasteiger partial charge in [-0.3, -0.25) is 14.3 Å². The molecule has 3 unspecified atom stereocenters. The second-order valence-corrected chi connectivity index (χ2v) is 8.19. The van der Waals surface area contributed by atoms with Crippen molar-refractivity contribution in [3.8, 4) is 0 Å². The third-order valence-corrected chi connectivity index (χ3v) is 5.89. The molecule has 114 valence electrons. The molecule has 1 aliphatic carbocycles. The third-order valence-electron chi connectivity index (χ3n) is 4.35. The summed E-state index contributed by atoms with van der Waals surface area (Å²) in [5.41, 5.74) is 0.643. The summed E-state index contributed by atoms with van der Waals surface area (Å²) < 4.78 is 11.6. The Morgan fingerprint density at radius 2 is 2.05 bits per heavy atom. The molecule has 0 radical (unpaired) electrons. The largest absolute Gasteiger partial charge is 0.320 e. The van der Waals surface area contributed by atoms with Crippen molar-refractivity contribution in [2.45, 2.75) is 36.7 Å². The zero-order chi connectivity index (χ0) is 15.2. The first-order valence-corrected chi connectivity index (χ1v) is 9.09. The van der Waals surface area contributed by atoms with Crippen LogP contribution in [0.25, 0.3) is 0 Å². The highest BCUT2D eigenvalue weighted by Crippen LogP contribution is 2.46. The van der Waals surface area contributed by atoms with E-state index in [2.05, 4.69) is 5.32 Å². The summed E-state index contributed by atoms with van der Waals surface area (Å²) >= 11 is 5.94. The average Bonchev–Trinajstić information content (AvgIpc) is 3.18. The maximum atomic E-state index is 12.6. The zero-order valence-corrected chi connectivity index (χ0v) is 13.7. The molecule has 1 aliphatic heterocycles. The van der Waals surface area contributed by atoms with E-state index < -0.39 is 10.8 Å². The van der Waals surface area contributed by atoms with Crippen LogP contribution < -0.4 is 5.32 Å². The van der Waals surface area contributed by atoms with E-state index in [-0.39, 0.29) is 22.9 Å². The second-order valence-electron chi connectivity index (χ2n) is 5.95. The molecule has 1 saturated carbocycles. The van der Waals surface area contributed by atoms with Crippen molar-refractivity contribution < 1.29 is 9.00 Å². The van der Waals surface area contributed by atoms with Gasteiger partial charge in [-0.25, -0.2) is 0 Å². The summed E-state index contributed by atoms with van der Waals surface area (Å²) in [4.78, 5) is 14.5. The molecule has 6 heteroatoms. The van der Waals surface area contributed by atoms with Crippen LogP contribution in [0.1, 0.15) is 31.5 Å². The molecule has 1 amide bonds. The van der Waals surface area contributed by atoms with Gasteiger partial charge in [0.25, 0.3) is 0 Å². The van der Waals surface area contributed by atoms with E-state index in [1.165, 1.54) is 0 Å². The van der Waals surface area contributed by atoms with Gasteiger partial charge in [-0.1, -0.05) is 23.7 Å². The van der Waals surface area contributed by atoms with E-state index in [1.54, 1.807) is 6.26 Å². The van der Waals surface area contributed by atoms with Gasteiger partial charge in [-0.15, -0.1) is 0 Å². The Balaban J connectivity index is 1.87. The molecule has 1 aromatic rings. The fraction of sp³-hybridized carbons (Fsp3) is 0.533. The number of halogens is 1. The van der Waals surface area contributed by atoms with Crippen LogP contribution in [0, 0.1) is 0 Å². The van der Waals surface area contributed by atoms with Gasteiger partial charge in [-0.05, 0) is 37.5 Å². The lowest BCUT2D eigenvalue weighted by atomic mass is 10.1. The number of rotatable bonds is 4. The fourth-order valence-corrected chi connectivity index (χ4v) is 3.25. The molecule has 0 bridgehead atoms. The standard InChI is InChI=1S/C15H19ClN2O2S/c1-10(21(2)20)9-18-13(11-3-5-12(16)6-4-11)17-15(7-8-15)14(18)19/h3-6,10,13,17H,7-9H2,1-2H3. The first-order chi connectivity index (χ1) is 9.93. The van der Waals surface area contributed by atoms with E-state index in [1.807, 2.05) is 36.1 Å². The van der Waals surface area contributed by atoms with Gasteiger partial charge >= 0.3 is 0 Å². The van der Waals surface area contributed by atoms with Gasteiger partial charge in [0.1, 0.15) is 11.7 Å². The summed E-state index contributed by atoms with van der Waals surface area (Å²) in [6, 6.07) is 7.55. The van der Waals surface area contributed by atoms with Gasteiger partial charge in [0.05, 0.1) is 0 Å². The predicted molar refractivity (Wildman–Crippen MR) is 84.5 cm³/mol. The average molecular weight is 327 g/mol. The number of benzene rings is 1. The summed E-state index contributed by atoms with van der Waals surface area (Å²) in [5.74, 6) is 0.139. The maximum Gasteiger partial charge on any atom is 0.244 e. The Hall–Kier alpha value is -0.910. The van der Waals surface area contributed by atoms with Gasteiger partial charge in [0, 0.05) is 33.9 Å². The van der Waals surface area contributed by atoms with E-state index in [4.69, 9.17) is 11.6 Å². The quantitative estimate of drug-likeness (QED) is 0.921. The highest BCUT2D eigenvalue weighted by atomic mass is 35.5. The highest BCUT2D eigenvalue weighted by Gasteiger charge is 2.59. The number of nitrogens with zero attached hydrogens (tertiary/aromatic N) is 1. The van der Waals surface area contributed by atoms with Crippen LogP contribution in [0.5, 0.6) is 0 Å². The normalized spacial score (nSPS) is 26.1. The number of nitrogens with one attached hydrogen (secondary N) is 1. The molecule has 1 spiro atoms. The Bertz CT molecular complexity index is 586. The van der Waals surface area contributed by atoms with Crippen molar-refractivity contribution in [1.82, 2.24) is 10.2 Å². The molecule has 4 nitrogen and oxygen atoms in total. The van der Waals surface area contributed by atoms with Gasteiger partial charge in [-0.2, -0.15) is 0 Å². The van der Waals surface area contributed by atoms with E-state index in [9.17, 15) is 9.00 Å². The Morgan fingerprint density at radius 1 is 1.43 bits per heavy atom. The number of hydrogen-bond acceptors (Lipinski definition) is 3. The molecule has 2 aliphatic rings. The number of carbonyl (C=O) groups is 1. The lowest BCUT2D eigenvalue weighted by molar-refractivity contribution is -0.130. The van der Waals surface area contributed by atoms with Crippen molar-refractivity contribution in [3.63, 3.8) is 0 Å². The minimum atomic E-state index is -0.943. The van der Waals surface area contributed by atoms with Gasteiger partial charge in [0.15, 0.2) is 0 Å². The number of hydrogen-bond donors (Lipinski definition) is 1.